The van der Waals surface area contributed by atoms with E-state index in [0.717, 1.165) is 0 Å². The minimum Gasteiger partial charge on any atom is -0.352 e. The summed E-state index contributed by atoms with van der Waals surface area (Å²) in [5.74, 6) is -0.787. The molecule has 1 amide bonds. The molecule has 104 valence electrons. The largest absolute Gasteiger partial charge is 0.352 e. The van der Waals surface area contributed by atoms with Crippen LogP contribution in [0.5, 0.6) is 0 Å². The molecule has 1 aromatic carbocycles. The zero-order chi connectivity index (χ0) is 13.9. The van der Waals surface area contributed by atoms with Gasteiger partial charge in [-0.25, -0.2) is 0 Å². The van der Waals surface area contributed by atoms with Crippen LogP contribution < -0.4 is 5.32 Å². The number of ether oxygens (including phenoxy) is 2. The molecule has 1 N–H and O–H groups in total. The van der Waals surface area contributed by atoms with Gasteiger partial charge in [0.2, 0.25) is 0 Å². The van der Waals surface area contributed by atoms with Gasteiger partial charge in [-0.3, -0.25) is 4.79 Å². The highest BCUT2D eigenvalue weighted by Gasteiger charge is 2.30. The molecule has 0 saturated carbocycles. The van der Waals surface area contributed by atoms with E-state index in [1.54, 1.807) is 18.2 Å². The van der Waals surface area contributed by atoms with Gasteiger partial charge >= 0.3 is 0 Å². The summed E-state index contributed by atoms with van der Waals surface area (Å²) in [6, 6.07) is 4.78. The van der Waals surface area contributed by atoms with E-state index in [0.29, 0.717) is 41.8 Å². The van der Waals surface area contributed by atoms with Crippen molar-refractivity contribution in [1.29, 1.82) is 0 Å². The molecular weight excluding hydrogens is 289 g/mol. The van der Waals surface area contributed by atoms with Gasteiger partial charge in [0, 0.05) is 18.5 Å². The third-order valence-corrected chi connectivity index (χ3v) is 3.68. The van der Waals surface area contributed by atoms with Crippen molar-refractivity contribution in [2.75, 3.05) is 19.8 Å². The lowest BCUT2D eigenvalue weighted by atomic mass is 10.2. The van der Waals surface area contributed by atoms with Gasteiger partial charge in [0.05, 0.1) is 23.3 Å². The average molecular weight is 304 g/mol. The fourth-order valence-electron chi connectivity index (χ4n) is 1.84. The lowest BCUT2D eigenvalue weighted by Crippen LogP contribution is -2.33. The first kappa shape index (κ1) is 14.6. The molecule has 0 bridgehead atoms. The first-order valence-corrected chi connectivity index (χ1v) is 6.77. The molecule has 1 saturated heterocycles. The Kier molecular flexibility index (Phi) is 4.68. The molecule has 4 nitrogen and oxygen atoms in total. The number of halogens is 2. The van der Waals surface area contributed by atoms with Crippen molar-refractivity contribution < 1.29 is 14.3 Å². The van der Waals surface area contributed by atoms with Gasteiger partial charge in [-0.1, -0.05) is 23.2 Å². The number of nitrogens with one attached hydrogen (secondary N) is 1. The van der Waals surface area contributed by atoms with Crippen LogP contribution in [0.1, 0.15) is 23.7 Å². The Balaban J connectivity index is 1.85. The summed E-state index contributed by atoms with van der Waals surface area (Å²) < 4.78 is 10.9. The molecule has 19 heavy (non-hydrogen) atoms. The highest BCUT2D eigenvalue weighted by Crippen LogP contribution is 2.23. The van der Waals surface area contributed by atoms with Crippen LogP contribution in [0, 0.1) is 0 Å². The Bertz CT molecular complexity index is 473. The van der Waals surface area contributed by atoms with Crippen molar-refractivity contribution in [1.82, 2.24) is 5.32 Å². The molecule has 6 heteroatoms. The molecule has 0 atom stereocenters. The lowest BCUT2D eigenvalue weighted by Gasteiger charge is -2.22. The SMILES string of the molecule is CC1(CCNC(=O)c2ccc(Cl)c(Cl)c2)OCCO1. The average Bonchev–Trinajstić information content (AvgIpc) is 2.79. The zero-order valence-corrected chi connectivity index (χ0v) is 12.1. The summed E-state index contributed by atoms with van der Waals surface area (Å²) in [6.07, 6.45) is 0.597. The summed E-state index contributed by atoms with van der Waals surface area (Å²) in [5, 5.41) is 3.59. The van der Waals surface area contributed by atoms with Crippen LogP contribution in [-0.2, 0) is 9.47 Å². The smallest absolute Gasteiger partial charge is 0.251 e. The Morgan fingerprint density at radius 2 is 2.00 bits per heavy atom. The summed E-state index contributed by atoms with van der Waals surface area (Å²) in [7, 11) is 0. The summed E-state index contributed by atoms with van der Waals surface area (Å²) in [6.45, 7) is 3.52. The Morgan fingerprint density at radius 1 is 1.32 bits per heavy atom. The van der Waals surface area contributed by atoms with Gasteiger partial charge < -0.3 is 14.8 Å². The van der Waals surface area contributed by atoms with Crippen LogP contribution in [0.25, 0.3) is 0 Å². The highest BCUT2D eigenvalue weighted by atomic mass is 35.5. The Hall–Kier alpha value is -0.810. The maximum Gasteiger partial charge on any atom is 0.251 e. The first-order valence-electron chi connectivity index (χ1n) is 6.01. The van der Waals surface area contributed by atoms with E-state index >= 15 is 0 Å². The number of rotatable bonds is 4. The van der Waals surface area contributed by atoms with Crippen molar-refractivity contribution in [3.05, 3.63) is 33.8 Å². The third-order valence-electron chi connectivity index (χ3n) is 2.94. The van der Waals surface area contributed by atoms with Crippen molar-refractivity contribution in [2.24, 2.45) is 0 Å². The fourth-order valence-corrected chi connectivity index (χ4v) is 2.14. The molecule has 0 aromatic heterocycles. The molecule has 0 unspecified atom stereocenters. The quantitative estimate of drug-likeness (QED) is 0.930. The lowest BCUT2D eigenvalue weighted by molar-refractivity contribution is -0.145. The molecule has 0 spiro atoms. The van der Waals surface area contributed by atoms with E-state index < -0.39 is 5.79 Å². The van der Waals surface area contributed by atoms with E-state index in [-0.39, 0.29) is 5.91 Å². The Morgan fingerprint density at radius 3 is 2.63 bits per heavy atom. The predicted molar refractivity (Wildman–Crippen MR) is 73.7 cm³/mol. The fraction of sp³-hybridized carbons (Fsp3) is 0.462. The van der Waals surface area contributed by atoms with Gasteiger partial charge in [-0.2, -0.15) is 0 Å². The predicted octanol–water partition coefficient (Wildman–Crippen LogP) is 2.88. The van der Waals surface area contributed by atoms with Gasteiger partial charge in [0.25, 0.3) is 5.91 Å². The number of carbonyl (C=O) groups excluding carboxylic acids is 1. The number of carbonyl (C=O) groups is 1. The van der Waals surface area contributed by atoms with E-state index in [4.69, 9.17) is 32.7 Å². The van der Waals surface area contributed by atoms with Gasteiger partial charge in [0.1, 0.15) is 0 Å². The highest BCUT2D eigenvalue weighted by molar-refractivity contribution is 6.42. The van der Waals surface area contributed by atoms with Crippen LogP contribution in [0.2, 0.25) is 10.0 Å². The second kappa shape index (κ2) is 6.09. The topological polar surface area (TPSA) is 47.6 Å². The molecule has 1 aromatic rings. The number of hydrogen-bond acceptors (Lipinski definition) is 3. The first-order chi connectivity index (χ1) is 9.00. The van der Waals surface area contributed by atoms with Crippen LogP contribution in [0.3, 0.4) is 0 Å². The number of amides is 1. The molecule has 0 aliphatic carbocycles. The van der Waals surface area contributed by atoms with Crippen molar-refractivity contribution in [3.8, 4) is 0 Å². The van der Waals surface area contributed by atoms with E-state index in [2.05, 4.69) is 5.32 Å². The monoisotopic (exact) mass is 303 g/mol. The molecule has 2 rings (SSSR count). The molecule has 1 aliphatic heterocycles. The van der Waals surface area contributed by atoms with Gasteiger partial charge in [0.15, 0.2) is 5.79 Å². The minimum atomic E-state index is -0.592. The summed E-state index contributed by atoms with van der Waals surface area (Å²) in [5.41, 5.74) is 0.479. The molecule has 1 fully saturated rings. The van der Waals surface area contributed by atoms with Gasteiger partial charge in [-0.05, 0) is 25.1 Å². The normalized spacial score (nSPS) is 17.4. The second-order valence-corrected chi connectivity index (χ2v) is 5.28. The summed E-state index contributed by atoms with van der Waals surface area (Å²) in [4.78, 5) is 11.9. The minimum absolute atomic E-state index is 0.194. The van der Waals surface area contributed by atoms with Crippen LogP contribution in [0.15, 0.2) is 18.2 Å². The van der Waals surface area contributed by atoms with Crippen molar-refractivity contribution in [3.63, 3.8) is 0 Å². The van der Waals surface area contributed by atoms with E-state index in [1.807, 2.05) is 6.92 Å². The molecular formula is C13H15Cl2NO3. The third kappa shape index (κ3) is 3.83. The van der Waals surface area contributed by atoms with Crippen molar-refractivity contribution >= 4 is 29.1 Å². The number of hydrogen-bond donors (Lipinski definition) is 1. The van der Waals surface area contributed by atoms with Gasteiger partial charge in [-0.15, -0.1) is 0 Å². The zero-order valence-electron chi connectivity index (χ0n) is 10.5. The van der Waals surface area contributed by atoms with Crippen LogP contribution >= 0.6 is 23.2 Å². The maximum atomic E-state index is 11.9. The van der Waals surface area contributed by atoms with Crippen molar-refractivity contribution in [2.45, 2.75) is 19.1 Å². The van der Waals surface area contributed by atoms with E-state index in [1.165, 1.54) is 0 Å². The molecule has 0 radical (unpaired) electrons. The standard InChI is InChI=1S/C13H15Cl2NO3/c1-13(18-6-7-19-13)4-5-16-12(17)9-2-3-10(14)11(15)8-9/h2-3,8H,4-7H2,1H3,(H,16,17). The van der Waals surface area contributed by atoms with Crippen LogP contribution in [-0.4, -0.2) is 31.5 Å². The summed E-state index contributed by atoms with van der Waals surface area (Å²) >= 11 is 11.7. The van der Waals surface area contributed by atoms with Crippen LogP contribution in [0.4, 0.5) is 0 Å². The molecule has 1 heterocycles. The molecule has 1 aliphatic rings. The second-order valence-electron chi connectivity index (χ2n) is 4.47. The maximum absolute atomic E-state index is 11.9. The Labute approximate surface area is 122 Å². The number of benzene rings is 1. The van der Waals surface area contributed by atoms with E-state index in [9.17, 15) is 4.79 Å².